The minimum Gasteiger partial charge on any atom is -0.383 e. The second kappa shape index (κ2) is 6.87. The van der Waals surface area contributed by atoms with Gasteiger partial charge in [-0.3, -0.25) is 0 Å². The van der Waals surface area contributed by atoms with Crippen LogP contribution in [0.5, 0.6) is 0 Å². The fraction of sp³-hybridized carbons (Fsp3) is 0.556. The van der Waals surface area contributed by atoms with E-state index in [4.69, 9.17) is 16.3 Å². The number of ether oxygens (including phenoxy) is 1. The second-order valence-corrected chi connectivity index (χ2v) is 4.03. The summed E-state index contributed by atoms with van der Waals surface area (Å²) in [6, 6.07) is 1.96. The van der Waals surface area contributed by atoms with Gasteiger partial charge in [0.1, 0.15) is 17.2 Å². The van der Waals surface area contributed by atoms with Crippen molar-refractivity contribution in [3.05, 3.63) is 12.4 Å². The Labute approximate surface area is 98.8 Å². The molecule has 1 aromatic heterocycles. The lowest BCUT2D eigenvalue weighted by Gasteiger charge is -2.15. The number of methoxy groups -OCH3 is 1. The highest BCUT2D eigenvalue weighted by Crippen LogP contribution is 2.14. The summed E-state index contributed by atoms with van der Waals surface area (Å²) in [5.74, 6) is 1.25. The van der Waals surface area contributed by atoms with Crippen molar-refractivity contribution in [2.24, 2.45) is 0 Å². The molecule has 1 unspecified atom stereocenters. The number of halogens is 1. The van der Waals surface area contributed by atoms with E-state index in [0.717, 1.165) is 10.8 Å². The van der Waals surface area contributed by atoms with Gasteiger partial charge >= 0.3 is 0 Å². The highest BCUT2D eigenvalue weighted by atomic mass is 35.5. The third kappa shape index (κ3) is 4.24. The van der Waals surface area contributed by atoms with Crippen LogP contribution in [0.3, 0.4) is 0 Å². The van der Waals surface area contributed by atoms with Crippen molar-refractivity contribution in [2.75, 3.05) is 31.2 Å². The van der Waals surface area contributed by atoms with E-state index in [2.05, 4.69) is 15.3 Å². The normalized spacial score (nSPS) is 12.5. The minimum absolute atomic E-state index is 0.0706. The zero-order valence-corrected chi connectivity index (χ0v) is 10.3. The smallest absolute Gasteiger partial charge is 0.130 e. The average Bonchev–Trinajstić information content (AvgIpc) is 2.29. The van der Waals surface area contributed by atoms with Gasteiger partial charge in [-0.15, -0.1) is 23.4 Å². The maximum atomic E-state index is 5.78. The summed E-state index contributed by atoms with van der Waals surface area (Å²) in [5.41, 5.74) is 0. The van der Waals surface area contributed by atoms with Gasteiger partial charge in [-0.25, -0.2) is 9.97 Å². The van der Waals surface area contributed by atoms with E-state index in [0.29, 0.717) is 12.5 Å². The van der Waals surface area contributed by atoms with Gasteiger partial charge in [-0.05, 0) is 6.26 Å². The SMILES string of the molecule is COCC(CCl)Nc1cc(SC)ncn1. The van der Waals surface area contributed by atoms with Gasteiger partial charge < -0.3 is 10.1 Å². The van der Waals surface area contributed by atoms with Crippen LogP contribution in [-0.2, 0) is 4.74 Å². The molecule has 1 heterocycles. The van der Waals surface area contributed by atoms with Gasteiger partial charge in [-0.2, -0.15) is 0 Å². The first-order chi connectivity index (χ1) is 7.30. The van der Waals surface area contributed by atoms with E-state index >= 15 is 0 Å². The number of aromatic nitrogens is 2. The summed E-state index contributed by atoms with van der Waals surface area (Å²) in [6.45, 7) is 0.558. The summed E-state index contributed by atoms with van der Waals surface area (Å²) < 4.78 is 5.03. The number of hydrogen-bond donors (Lipinski definition) is 1. The molecule has 0 bridgehead atoms. The molecule has 0 aliphatic heterocycles. The summed E-state index contributed by atoms with van der Waals surface area (Å²) in [5, 5.41) is 4.11. The molecule has 0 saturated heterocycles. The van der Waals surface area contributed by atoms with Crippen molar-refractivity contribution < 1.29 is 4.74 Å². The molecular formula is C9H14ClN3OS. The number of thioether (sulfide) groups is 1. The van der Waals surface area contributed by atoms with E-state index < -0.39 is 0 Å². The molecule has 4 nitrogen and oxygen atoms in total. The average molecular weight is 248 g/mol. The van der Waals surface area contributed by atoms with Crippen LogP contribution in [0.1, 0.15) is 0 Å². The highest BCUT2D eigenvalue weighted by molar-refractivity contribution is 7.98. The summed E-state index contributed by atoms with van der Waals surface area (Å²) >= 11 is 7.35. The van der Waals surface area contributed by atoms with Gasteiger partial charge in [0.25, 0.3) is 0 Å². The second-order valence-electron chi connectivity index (χ2n) is 2.90. The first kappa shape index (κ1) is 12.5. The largest absolute Gasteiger partial charge is 0.383 e. The maximum Gasteiger partial charge on any atom is 0.130 e. The van der Waals surface area contributed by atoms with Crippen LogP contribution in [0, 0.1) is 0 Å². The monoisotopic (exact) mass is 247 g/mol. The van der Waals surface area contributed by atoms with Gasteiger partial charge in [0, 0.05) is 19.1 Å². The molecule has 0 saturated carbocycles. The van der Waals surface area contributed by atoms with E-state index in [1.54, 1.807) is 18.9 Å². The lowest BCUT2D eigenvalue weighted by molar-refractivity contribution is 0.191. The summed E-state index contributed by atoms with van der Waals surface area (Å²) in [7, 11) is 1.65. The van der Waals surface area contributed by atoms with Crippen molar-refractivity contribution in [3.63, 3.8) is 0 Å². The molecule has 0 fully saturated rings. The van der Waals surface area contributed by atoms with E-state index in [9.17, 15) is 0 Å². The molecule has 0 aliphatic carbocycles. The van der Waals surface area contributed by atoms with Crippen LogP contribution in [0.2, 0.25) is 0 Å². The number of anilines is 1. The Kier molecular flexibility index (Phi) is 5.75. The van der Waals surface area contributed by atoms with Crippen molar-refractivity contribution in [1.29, 1.82) is 0 Å². The number of alkyl halides is 1. The number of hydrogen-bond acceptors (Lipinski definition) is 5. The molecule has 0 radical (unpaired) electrons. The number of nitrogens with one attached hydrogen (secondary N) is 1. The molecule has 1 N–H and O–H groups in total. The standard InChI is InChI=1S/C9H14ClN3OS/c1-14-5-7(4-10)13-8-3-9(15-2)12-6-11-8/h3,6-7H,4-5H2,1-2H3,(H,11,12,13). The molecule has 15 heavy (non-hydrogen) atoms. The number of nitrogens with zero attached hydrogens (tertiary/aromatic N) is 2. The van der Waals surface area contributed by atoms with E-state index in [1.807, 2.05) is 12.3 Å². The first-order valence-corrected chi connectivity index (χ1v) is 6.23. The number of rotatable bonds is 6. The van der Waals surface area contributed by atoms with Crippen LogP contribution in [-0.4, -0.2) is 41.9 Å². The molecule has 0 aromatic carbocycles. The minimum atomic E-state index is 0.0706. The Morgan fingerprint density at radius 1 is 1.60 bits per heavy atom. The fourth-order valence-electron chi connectivity index (χ4n) is 1.07. The molecule has 1 rings (SSSR count). The van der Waals surface area contributed by atoms with Crippen molar-refractivity contribution in [2.45, 2.75) is 11.1 Å². The lowest BCUT2D eigenvalue weighted by Crippen LogP contribution is -2.27. The van der Waals surface area contributed by atoms with Crippen molar-refractivity contribution in [3.8, 4) is 0 Å². The van der Waals surface area contributed by atoms with Gasteiger partial charge in [-0.1, -0.05) is 0 Å². The molecule has 1 atom stereocenters. The van der Waals surface area contributed by atoms with Gasteiger partial charge in [0.15, 0.2) is 0 Å². The third-order valence-electron chi connectivity index (χ3n) is 1.76. The Morgan fingerprint density at radius 3 is 3.00 bits per heavy atom. The van der Waals surface area contributed by atoms with Gasteiger partial charge in [0.05, 0.1) is 12.6 Å². The quantitative estimate of drug-likeness (QED) is 0.472. The molecule has 1 aromatic rings. The zero-order valence-electron chi connectivity index (χ0n) is 8.74. The van der Waals surface area contributed by atoms with Crippen LogP contribution in [0.4, 0.5) is 5.82 Å². The Hall–Kier alpha value is -0.520. The molecular weight excluding hydrogens is 234 g/mol. The Morgan fingerprint density at radius 2 is 2.40 bits per heavy atom. The Balaban J connectivity index is 2.61. The highest BCUT2D eigenvalue weighted by Gasteiger charge is 2.07. The van der Waals surface area contributed by atoms with Gasteiger partial charge in [0.2, 0.25) is 0 Å². The lowest BCUT2D eigenvalue weighted by atomic mass is 10.3. The van der Waals surface area contributed by atoms with Crippen molar-refractivity contribution >= 4 is 29.2 Å². The molecule has 0 aliphatic rings. The topological polar surface area (TPSA) is 47.0 Å². The fourth-order valence-corrected chi connectivity index (χ4v) is 1.61. The maximum absolute atomic E-state index is 5.78. The van der Waals surface area contributed by atoms with Crippen LogP contribution >= 0.6 is 23.4 Å². The van der Waals surface area contributed by atoms with Crippen molar-refractivity contribution in [1.82, 2.24) is 9.97 Å². The predicted octanol–water partition coefficient (Wildman–Crippen LogP) is 1.86. The van der Waals surface area contributed by atoms with Crippen LogP contribution in [0.15, 0.2) is 17.4 Å². The molecule has 84 valence electrons. The summed E-state index contributed by atoms with van der Waals surface area (Å²) in [4.78, 5) is 8.19. The van der Waals surface area contributed by atoms with Crippen LogP contribution < -0.4 is 5.32 Å². The third-order valence-corrected chi connectivity index (χ3v) is 2.77. The first-order valence-electron chi connectivity index (χ1n) is 4.47. The van der Waals surface area contributed by atoms with E-state index in [1.165, 1.54) is 6.33 Å². The van der Waals surface area contributed by atoms with Crippen LogP contribution in [0.25, 0.3) is 0 Å². The molecule has 0 amide bonds. The molecule has 0 spiro atoms. The van der Waals surface area contributed by atoms with E-state index in [-0.39, 0.29) is 6.04 Å². The molecule has 6 heteroatoms. The predicted molar refractivity (Wildman–Crippen MR) is 63.8 cm³/mol. The Bertz CT molecular complexity index is 300. The summed E-state index contributed by atoms with van der Waals surface area (Å²) in [6.07, 6.45) is 3.51. The zero-order chi connectivity index (χ0) is 11.1.